The van der Waals surface area contributed by atoms with Gasteiger partial charge in [0.1, 0.15) is 17.8 Å². The lowest BCUT2D eigenvalue weighted by molar-refractivity contribution is 0.610. The van der Waals surface area contributed by atoms with Gasteiger partial charge < -0.3 is 5.73 Å². The van der Waals surface area contributed by atoms with Gasteiger partial charge in [-0.25, -0.2) is 18.7 Å². The van der Waals surface area contributed by atoms with Crippen LogP contribution in [0.15, 0.2) is 24.5 Å². The van der Waals surface area contributed by atoms with Gasteiger partial charge in [0.2, 0.25) is 0 Å². The highest BCUT2D eigenvalue weighted by atomic mass is 35.5. The van der Waals surface area contributed by atoms with Crippen LogP contribution in [0.1, 0.15) is 0 Å². The van der Waals surface area contributed by atoms with Crippen molar-refractivity contribution in [2.24, 2.45) is 0 Å². The molecule has 0 radical (unpaired) electrons. The Hall–Kier alpha value is -1.75. The Morgan fingerprint density at radius 3 is 2.62 bits per heavy atom. The zero-order valence-electron chi connectivity index (χ0n) is 7.92. The molecule has 0 saturated carbocycles. The average molecular weight is 242 g/mol. The molecule has 0 aliphatic carbocycles. The predicted octanol–water partition coefficient (Wildman–Crippen LogP) is 2.66. The molecule has 2 aromatic rings. The lowest BCUT2D eigenvalue weighted by Crippen LogP contribution is -2.01. The van der Waals surface area contributed by atoms with Crippen LogP contribution in [0.3, 0.4) is 0 Å². The van der Waals surface area contributed by atoms with Crippen molar-refractivity contribution in [1.29, 1.82) is 0 Å². The third-order valence-electron chi connectivity index (χ3n) is 2.02. The molecule has 1 aromatic heterocycles. The minimum absolute atomic E-state index is 0.0667. The molecule has 0 aliphatic heterocycles. The number of benzene rings is 1. The van der Waals surface area contributed by atoms with Crippen molar-refractivity contribution in [3.05, 3.63) is 41.2 Å². The van der Waals surface area contributed by atoms with Crippen LogP contribution >= 0.6 is 11.6 Å². The number of halogens is 3. The molecule has 82 valence electrons. The van der Waals surface area contributed by atoms with E-state index in [9.17, 15) is 8.78 Å². The Bertz CT molecular complexity index is 525. The first-order valence-corrected chi connectivity index (χ1v) is 4.69. The second-order valence-electron chi connectivity index (χ2n) is 3.02. The van der Waals surface area contributed by atoms with E-state index in [1.165, 1.54) is 18.2 Å². The largest absolute Gasteiger partial charge is 0.381 e. The fraction of sp³-hybridized carbons (Fsp3) is 0. The van der Waals surface area contributed by atoms with Crippen LogP contribution in [-0.4, -0.2) is 9.97 Å². The van der Waals surface area contributed by atoms with Crippen molar-refractivity contribution in [3.8, 4) is 11.3 Å². The highest BCUT2D eigenvalue weighted by Crippen LogP contribution is 2.31. The van der Waals surface area contributed by atoms with Gasteiger partial charge in [-0.05, 0) is 12.1 Å². The summed E-state index contributed by atoms with van der Waals surface area (Å²) in [6, 6.07) is 4.03. The standard InChI is InChI=1S/C10H6ClF2N3/c11-5-2-1-3-6(12)7(5)9-8(13)10(14)16-4-15-9/h1-4H,(H2,14,15,16). The Labute approximate surface area is 94.9 Å². The summed E-state index contributed by atoms with van der Waals surface area (Å²) in [7, 11) is 0. The summed E-state index contributed by atoms with van der Waals surface area (Å²) in [6.45, 7) is 0. The van der Waals surface area contributed by atoms with E-state index in [-0.39, 0.29) is 22.1 Å². The average Bonchev–Trinajstić information content (AvgIpc) is 2.24. The Morgan fingerprint density at radius 2 is 1.94 bits per heavy atom. The van der Waals surface area contributed by atoms with Gasteiger partial charge in [0.25, 0.3) is 0 Å². The molecule has 0 atom stereocenters. The van der Waals surface area contributed by atoms with Crippen LogP contribution in [0.4, 0.5) is 14.6 Å². The van der Waals surface area contributed by atoms with Gasteiger partial charge in [0.05, 0.1) is 10.6 Å². The third-order valence-corrected chi connectivity index (χ3v) is 2.33. The van der Waals surface area contributed by atoms with Crippen LogP contribution in [0.25, 0.3) is 11.3 Å². The van der Waals surface area contributed by atoms with Gasteiger partial charge >= 0.3 is 0 Å². The summed E-state index contributed by atoms with van der Waals surface area (Å²) in [5.74, 6) is -1.89. The van der Waals surface area contributed by atoms with E-state index >= 15 is 0 Å². The molecule has 16 heavy (non-hydrogen) atoms. The van der Waals surface area contributed by atoms with Crippen molar-refractivity contribution in [2.75, 3.05) is 5.73 Å². The van der Waals surface area contributed by atoms with Crippen molar-refractivity contribution in [2.45, 2.75) is 0 Å². The predicted molar refractivity (Wildman–Crippen MR) is 56.8 cm³/mol. The second kappa shape index (κ2) is 4.02. The van der Waals surface area contributed by atoms with Crippen molar-refractivity contribution in [1.82, 2.24) is 9.97 Å². The molecule has 0 unspecified atom stereocenters. The van der Waals surface area contributed by atoms with Gasteiger partial charge in [-0.3, -0.25) is 0 Å². The van der Waals surface area contributed by atoms with E-state index in [4.69, 9.17) is 17.3 Å². The zero-order chi connectivity index (χ0) is 11.7. The third kappa shape index (κ3) is 1.69. The van der Waals surface area contributed by atoms with Gasteiger partial charge in [-0.1, -0.05) is 17.7 Å². The first-order chi connectivity index (χ1) is 7.61. The molecule has 0 saturated heterocycles. The maximum Gasteiger partial charge on any atom is 0.191 e. The molecule has 2 N–H and O–H groups in total. The van der Waals surface area contributed by atoms with E-state index in [2.05, 4.69) is 9.97 Å². The molecule has 0 aliphatic rings. The molecule has 6 heteroatoms. The van der Waals surface area contributed by atoms with Crippen molar-refractivity contribution in [3.63, 3.8) is 0 Å². The summed E-state index contributed by atoms with van der Waals surface area (Å²) in [5, 5.41) is 0.0667. The maximum atomic E-state index is 13.6. The van der Waals surface area contributed by atoms with E-state index in [0.717, 1.165) is 6.33 Å². The molecule has 0 spiro atoms. The number of anilines is 1. The molecule has 1 heterocycles. The molecule has 0 amide bonds. The monoisotopic (exact) mass is 241 g/mol. The summed E-state index contributed by atoms with van der Waals surface area (Å²) < 4.78 is 27.1. The van der Waals surface area contributed by atoms with E-state index in [1.54, 1.807) is 0 Å². The van der Waals surface area contributed by atoms with Crippen LogP contribution in [0, 0.1) is 11.6 Å². The summed E-state index contributed by atoms with van der Waals surface area (Å²) >= 11 is 5.78. The highest BCUT2D eigenvalue weighted by Gasteiger charge is 2.17. The first-order valence-electron chi connectivity index (χ1n) is 4.31. The number of nitrogen functional groups attached to an aromatic ring is 1. The molecular formula is C10H6ClF2N3. The minimum Gasteiger partial charge on any atom is -0.381 e. The molecule has 1 aromatic carbocycles. The molecule has 0 fully saturated rings. The summed E-state index contributed by atoms with van der Waals surface area (Å²) in [5.41, 5.74) is 4.91. The Kier molecular flexibility index (Phi) is 2.70. The number of nitrogens with two attached hydrogens (primary N) is 1. The summed E-state index contributed by atoms with van der Waals surface area (Å²) in [6.07, 6.45) is 1.05. The summed E-state index contributed by atoms with van der Waals surface area (Å²) in [4.78, 5) is 7.09. The number of hydrogen-bond donors (Lipinski definition) is 1. The Balaban J connectivity index is 2.73. The van der Waals surface area contributed by atoms with Crippen molar-refractivity contribution < 1.29 is 8.78 Å². The molecule has 2 rings (SSSR count). The van der Waals surface area contributed by atoms with Gasteiger partial charge in [0, 0.05) is 0 Å². The molecule has 3 nitrogen and oxygen atoms in total. The smallest absolute Gasteiger partial charge is 0.191 e. The van der Waals surface area contributed by atoms with Crippen LogP contribution in [-0.2, 0) is 0 Å². The maximum absolute atomic E-state index is 13.6. The van der Waals surface area contributed by atoms with E-state index < -0.39 is 11.6 Å². The van der Waals surface area contributed by atoms with Crippen molar-refractivity contribution >= 4 is 17.4 Å². The Morgan fingerprint density at radius 1 is 1.19 bits per heavy atom. The topological polar surface area (TPSA) is 51.8 Å². The lowest BCUT2D eigenvalue weighted by atomic mass is 10.1. The quantitative estimate of drug-likeness (QED) is 0.835. The first kappa shape index (κ1) is 10.8. The van der Waals surface area contributed by atoms with Crippen LogP contribution in [0.2, 0.25) is 5.02 Å². The number of hydrogen-bond acceptors (Lipinski definition) is 3. The fourth-order valence-corrected chi connectivity index (χ4v) is 1.53. The van der Waals surface area contributed by atoms with Gasteiger partial charge in [-0.15, -0.1) is 0 Å². The van der Waals surface area contributed by atoms with Crippen LogP contribution in [0.5, 0.6) is 0 Å². The number of rotatable bonds is 1. The minimum atomic E-state index is -0.880. The molecule has 0 bridgehead atoms. The SMILES string of the molecule is Nc1ncnc(-c2c(F)cccc2Cl)c1F. The number of aromatic nitrogens is 2. The van der Waals surface area contributed by atoms with E-state index in [1.807, 2.05) is 0 Å². The van der Waals surface area contributed by atoms with Crippen LogP contribution < -0.4 is 5.73 Å². The number of nitrogens with zero attached hydrogens (tertiary/aromatic N) is 2. The normalized spacial score (nSPS) is 10.4. The second-order valence-corrected chi connectivity index (χ2v) is 3.43. The van der Waals surface area contributed by atoms with Gasteiger partial charge in [-0.2, -0.15) is 0 Å². The van der Waals surface area contributed by atoms with Gasteiger partial charge in [0.15, 0.2) is 11.6 Å². The zero-order valence-corrected chi connectivity index (χ0v) is 8.67. The molecular weight excluding hydrogens is 236 g/mol. The lowest BCUT2D eigenvalue weighted by Gasteiger charge is -2.06. The fourth-order valence-electron chi connectivity index (χ4n) is 1.28. The van der Waals surface area contributed by atoms with E-state index in [0.29, 0.717) is 0 Å². The highest BCUT2D eigenvalue weighted by molar-refractivity contribution is 6.33.